The fourth-order valence-corrected chi connectivity index (χ4v) is 3.70. The average molecular weight is 381 g/mol. The van der Waals surface area contributed by atoms with Gasteiger partial charge < -0.3 is 4.57 Å². The number of benzene rings is 1. The zero-order valence-corrected chi connectivity index (χ0v) is 15.9. The van der Waals surface area contributed by atoms with Gasteiger partial charge in [-0.15, -0.1) is 10.2 Å². The minimum atomic E-state index is -0.153. The predicted molar refractivity (Wildman–Crippen MR) is 104 cm³/mol. The molecule has 0 saturated carbocycles. The van der Waals surface area contributed by atoms with Gasteiger partial charge in [-0.3, -0.25) is 14.8 Å². The Bertz CT molecular complexity index is 1090. The van der Waals surface area contributed by atoms with E-state index in [1.165, 1.54) is 11.3 Å². The molecule has 0 unspecified atom stereocenters. The second kappa shape index (κ2) is 7.28. The van der Waals surface area contributed by atoms with Crippen LogP contribution in [0.3, 0.4) is 0 Å². The Morgan fingerprint density at radius 3 is 2.89 bits per heavy atom. The molecule has 0 fully saturated rings. The highest BCUT2D eigenvalue weighted by Gasteiger charge is 2.11. The lowest BCUT2D eigenvalue weighted by Crippen LogP contribution is -2.18. The van der Waals surface area contributed by atoms with Crippen LogP contribution in [0.5, 0.6) is 0 Å². The van der Waals surface area contributed by atoms with Crippen LogP contribution < -0.4 is 5.32 Å². The molecule has 27 heavy (non-hydrogen) atoms. The third kappa shape index (κ3) is 3.87. The van der Waals surface area contributed by atoms with E-state index < -0.39 is 0 Å². The number of aryl methyl sites for hydroxylation is 4. The Morgan fingerprint density at radius 1 is 1.22 bits per heavy atom. The number of amides is 1. The van der Waals surface area contributed by atoms with E-state index in [0.717, 1.165) is 40.4 Å². The van der Waals surface area contributed by atoms with Crippen LogP contribution in [0.2, 0.25) is 0 Å². The molecule has 4 aromatic rings. The first kappa shape index (κ1) is 17.3. The van der Waals surface area contributed by atoms with E-state index in [9.17, 15) is 4.79 Å². The van der Waals surface area contributed by atoms with Gasteiger partial charge in [-0.25, -0.2) is 4.98 Å². The predicted octanol–water partition coefficient (Wildman–Crippen LogP) is 2.58. The van der Waals surface area contributed by atoms with Crippen LogP contribution in [0.15, 0.2) is 36.7 Å². The van der Waals surface area contributed by atoms with Crippen LogP contribution in [0.25, 0.3) is 11.0 Å². The molecule has 0 bridgehead atoms. The van der Waals surface area contributed by atoms with Gasteiger partial charge in [-0.2, -0.15) is 5.10 Å². The number of nitrogens with one attached hydrogen (secondary N) is 1. The lowest BCUT2D eigenvalue weighted by Gasteiger charge is -2.03. The van der Waals surface area contributed by atoms with E-state index in [4.69, 9.17) is 0 Å². The summed E-state index contributed by atoms with van der Waals surface area (Å²) in [5.74, 6) is -0.153. The standard InChI is InChI=1S/C18H19N7OS/c1-12-9-13(2)25(23-12)8-7-17-21-22-18(27-17)20-16(26)10-24-11-19-14-5-3-4-6-15(14)24/h3-6,9,11H,7-8,10H2,1-2H3,(H,20,22,26). The molecule has 138 valence electrons. The lowest BCUT2D eigenvalue weighted by atomic mass is 10.3. The fourth-order valence-electron chi connectivity index (χ4n) is 2.96. The van der Waals surface area contributed by atoms with Crippen LogP contribution in [0, 0.1) is 13.8 Å². The van der Waals surface area contributed by atoms with Gasteiger partial charge >= 0.3 is 0 Å². The summed E-state index contributed by atoms with van der Waals surface area (Å²) >= 11 is 1.39. The maximum absolute atomic E-state index is 12.3. The number of carbonyl (C=O) groups excluding carboxylic acids is 1. The zero-order valence-electron chi connectivity index (χ0n) is 15.1. The fraction of sp³-hybridized carbons (Fsp3) is 0.278. The average Bonchev–Trinajstić information content (AvgIpc) is 3.33. The summed E-state index contributed by atoms with van der Waals surface area (Å²) in [6.07, 6.45) is 2.39. The Kier molecular flexibility index (Phi) is 4.68. The molecule has 0 atom stereocenters. The van der Waals surface area contributed by atoms with Gasteiger partial charge in [-0.1, -0.05) is 23.5 Å². The van der Waals surface area contributed by atoms with Gasteiger partial charge in [0, 0.05) is 18.7 Å². The van der Waals surface area contributed by atoms with Crippen molar-refractivity contribution in [2.75, 3.05) is 5.32 Å². The highest BCUT2D eigenvalue weighted by atomic mass is 32.1. The molecule has 0 spiro atoms. The van der Waals surface area contributed by atoms with Crippen molar-refractivity contribution >= 4 is 33.4 Å². The monoisotopic (exact) mass is 381 g/mol. The largest absolute Gasteiger partial charge is 0.321 e. The first-order chi connectivity index (χ1) is 13.1. The van der Waals surface area contributed by atoms with E-state index in [2.05, 4.69) is 25.6 Å². The topological polar surface area (TPSA) is 90.5 Å². The maximum Gasteiger partial charge on any atom is 0.246 e. The van der Waals surface area contributed by atoms with Gasteiger partial charge in [0.25, 0.3) is 0 Å². The van der Waals surface area contributed by atoms with Crippen molar-refractivity contribution in [1.29, 1.82) is 0 Å². The molecule has 3 heterocycles. The molecule has 1 N–H and O–H groups in total. The number of anilines is 1. The summed E-state index contributed by atoms with van der Waals surface area (Å²) in [7, 11) is 0. The minimum Gasteiger partial charge on any atom is -0.321 e. The first-order valence-corrected chi connectivity index (χ1v) is 9.43. The van der Waals surface area contributed by atoms with Crippen LogP contribution in [-0.2, 0) is 24.3 Å². The van der Waals surface area contributed by atoms with Crippen LogP contribution >= 0.6 is 11.3 Å². The van der Waals surface area contributed by atoms with Crippen molar-refractivity contribution in [2.24, 2.45) is 0 Å². The summed E-state index contributed by atoms with van der Waals surface area (Å²) in [5, 5.41) is 16.9. The number of carbonyl (C=O) groups is 1. The Labute approximate surface area is 159 Å². The van der Waals surface area contributed by atoms with Crippen LogP contribution in [-0.4, -0.2) is 35.4 Å². The van der Waals surface area contributed by atoms with Gasteiger partial charge in [0.15, 0.2) is 0 Å². The third-order valence-electron chi connectivity index (χ3n) is 4.20. The number of hydrogen-bond acceptors (Lipinski definition) is 6. The zero-order chi connectivity index (χ0) is 18.8. The van der Waals surface area contributed by atoms with Crippen molar-refractivity contribution in [3.8, 4) is 0 Å². The highest BCUT2D eigenvalue weighted by molar-refractivity contribution is 7.15. The summed E-state index contributed by atoms with van der Waals surface area (Å²) in [6.45, 7) is 4.93. The molecule has 1 aromatic carbocycles. The first-order valence-electron chi connectivity index (χ1n) is 8.61. The van der Waals surface area contributed by atoms with E-state index in [-0.39, 0.29) is 12.5 Å². The molecule has 0 aliphatic heterocycles. The Balaban J connectivity index is 1.36. The highest BCUT2D eigenvalue weighted by Crippen LogP contribution is 2.17. The molecule has 0 radical (unpaired) electrons. The molecule has 8 nitrogen and oxygen atoms in total. The smallest absolute Gasteiger partial charge is 0.246 e. The molecular weight excluding hydrogens is 362 g/mol. The second-order valence-electron chi connectivity index (χ2n) is 6.31. The number of fused-ring (bicyclic) bond motifs is 1. The number of rotatable bonds is 6. The van der Waals surface area contributed by atoms with E-state index in [1.807, 2.05) is 53.4 Å². The van der Waals surface area contributed by atoms with Gasteiger partial charge in [0.1, 0.15) is 11.6 Å². The molecule has 4 rings (SSSR count). The van der Waals surface area contributed by atoms with Crippen LogP contribution in [0.4, 0.5) is 5.13 Å². The second-order valence-corrected chi connectivity index (χ2v) is 7.37. The van der Waals surface area contributed by atoms with E-state index in [1.54, 1.807) is 6.33 Å². The summed E-state index contributed by atoms with van der Waals surface area (Å²) < 4.78 is 3.77. The molecular formula is C18H19N7OS. The van der Waals surface area contributed by atoms with Crippen LogP contribution in [0.1, 0.15) is 16.4 Å². The number of aromatic nitrogens is 6. The third-order valence-corrected chi connectivity index (χ3v) is 5.09. The van der Waals surface area contributed by atoms with Crippen molar-refractivity contribution in [3.63, 3.8) is 0 Å². The van der Waals surface area contributed by atoms with E-state index >= 15 is 0 Å². The number of hydrogen-bond donors (Lipinski definition) is 1. The number of nitrogens with zero attached hydrogens (tertiary/aromatic N) is 6. The van der Waals surface area contributed by atoms with Crippen molar-refractivity contribution in [3.05, 3.63) is 53.1 Å². The SMILES string of the molecule is Cc1cc(C)n(CCc2nnc(NC(=O)Cn3cnc4ccccc43)s2)n1. The normalized spacial score (nSPS) is 11.2. The molecule has 0 aliphatic rings. The molecule has 0 saturated heterocycles. The minimum absolute atomic E-state index is 0.153. The molecule has 1 amide bonds. The maximum atomic E-state index is 12.3. The Hall–Kier alpha value is -3.07. The lowest BCUT2D eigenvalue weighted by molar-refractivity contribution is -0.116. The molecule has 0 aliphatic carbocycles. The van der Waals surface area contributed by atoms with Crippen molar-refractivity contribution in [1.82, 2.24) is 29.5 Å². The van der Waals surface area contributed by atoms with Crippen molar-refractivity contribution in [2.45, 2.75) is 33.4 Å². The summed E-state index contributed by atoms with van der Waals surface area (Å²) in [5.41, 5.74) is 3.92. The summed E-state index contributed by atoms with van der Waals surface area (Å²) in [6, 6.07) is 9.76. The van der Waals surface area contributed by atoms with Gasteiger partial charge in [-0.05, 0) is 32.0 Å². The molecule has 3 aromatic heterocycles. The number of imidazole rings is 1. The Morgan fingerprint density at radius 2 is 2.07 bits per heavy atom. The van der Waals surface area contributed by atoms with Gasteiger partial charge in [0.05, 0.1) is 23.1 Å². The quantitative estimate of drug-likeness (QED) is 0.554. The number of para-hydroxylation sites is 2. The van der Waals surface area contributed by atoms with E-state index in [0.29, 0.717) is 5.13 Å². The molecule has 9 heteroatoms. The van der Waals surface area contributed by atoms with Gasteiger partial charge in [0.2, 0.25) is 11.0 Å². The van der Waals surface area contributed by atoms with Crippen molar-refractivity contribution < 1.29 is 4.79 Å². The summed E-state index contributed by atoms with van der Waals surface area (Å²) in [4.78, 5) is 16.6.